The topological polar surface area (TPSA) is 68.3 Å². The standard InChI is InChI=1S/C25H34N2O5/c1-6-15-12-27-13-16(10-17(27)11-18(15)19(14-30-3)25(29)32-5)23-24(28)22-20(26(23)2)8-7-9-21(22)31-4/h7-9,14-18,23H,6,10-13H2,1-5H3/b19-14+/t15-,16?,17?,18+,23?/m1/s1. The number of nitrogens with zero attached hydrogens (tertiary/aromatic N) is 2. The molecule has 3 aliphatic rings. The smallest absolute Gasteiger partial charge is 0.337 e. The van der Waals surface area contributed by atoms with E-state index in [9.17, 15) is 9.59 Å². The lowest BCUT2D eigenvalue weighted by Crippen LogP contribution is -2.45. The van der Waals surface area contributed by atoms with E-state index < -0.39 is 0 Å². The van der Waals surface area contributed by atoms with Crippen molar-refractivity contribution in [3.8, 4) is 5.75 Å². The number of carbonyl (C=O) groups is 2. The summed E-state index contributed by atoms with van der Waals surface area (Å²) in [6, 6.07) is 5.95. The number of benzene rings is 1. The fraction of sp³-hybridized carbons (Fsp3) is 0.600. The van der Waals surface area contributed by atoms with Gasteiger partial charge < -0.3 is 19.1 Å². The monoisotopic (exact) mass is 442 g/mol. The van der Waals surface area contributed by atoms with Crippen LogP contribution >= 0.6 is 0 Å². The summed E-state index contributed by atoms with van der Waals surface area (Å²) in [4.78, 5) is 30.6. The van der Waals surface area contributed by atoms with Crippen LogP contribution in [0.4, 0.5) is 5.69 Å². The number of esters is 1. The van der Waals surface area contributed by atoms with Crippen LogP contribution < -0.4 is 9.64 Å². The van der Waals surface area contributed by atoms with Crippen molar-refractivity contribution in [2.24, 2.45) is 17.8 Å². The quantitative estimate of drug-likeness (QED) is 0.381. The van der Waals surface area contributed by atoms with Gasteiger partial charge in [0.25, 0.3) is 0 Å². The van der Waals surface area contributed by atoms with Gasteiger partial charge in [-0.15, -0.1) is 0 Å². The zero-order valence-corrected chi connectivity index (χ0v) is 19.7. The number of ketones is 1. The van der Waals surface area contributed by atoms with Crippen molar-refractivity contribution in [2.75, 3.05) is 46.4 Å². The van der Waals surface area contributed by atoms with Crippen LogP contribution in [0.15, 0.2) is 30.0 Å². The summed E-state index contributed by atoms with van der Waals surface area (Å²) in [7, 11) is 6.61. The fourth-order valence-electron chi connectivity index (χ4n) is 6.20. The van der Waals surface area contributed by atoms with Gasteiger partial charge in [-0.2, -0.15) is 0 Å². The summed E-state index contributed by atoms with van der Waals surface area (Å²) < 4.78 is 15.8. The molecule has 0 saturated carbocycles. The number of likely N-dealkylation sites (N-methyl/N-ethyl adjacent to an activating group) is 1. The Morgan fingerprint density at radius 2 is 1.97 bits per heavy atom. The largest absolute Gasteiger partial charge is 0.504 e. The molecule has 174 valence electrons. The molecule has 0 radical (unpaired) electrons. The number of methoxy groups -OCH3 is 3. The van der Waals surface area contributed by atoms with E-state index in [2.05, 4.69) is 16.7 Å². The number of hydrogen-bond donors (Lipinski definition) is 0. The van der Waals surface area contributed by atoms with Gasteiger partial charge >= 0.3 is 5.97 Å². The third-order valence-corrected chi connectivity index (χ3v) is 7.70. The molecule has 3 unspecified atom stereocenters. The molecule has 0 bridgehead atoms. The molecule has 2 fully saturated rings. The second-order valence-corrected chi connectivity index (χ2v) is 9.19. The fourth-order valence-corrected chi connectivity index (χ4v) is 6.20. The molecule has 0 spiro atoms. The average Bonchev–Trinajstić information content (AvgIpc) is 3.33. The highest BCUT2D eigenvalue weighted by atomic mass is 16.5. The number of ether oxygens (including phenoxy) is 3. The second-order valence-electron chi connectivity index (χ2n) is 9.19. The van der Waals surface area contributed by atoms with Crippen LogP contribution in [0.3, 0.4) is 0 Å². The van der Waals surface area contributed by atoms with Gasteiger partial charge in [0, 0.05) is 32.1 Å². The van der Waals surface area contributed by atoms with Crippen molar-refractivity contribution in [3.05, 3.63) is 35.6 Å². The maximum Gasteiger partial charge on any atom is 0.337 e. The number of hydrogen-bond acceptors (Lipinski definition) is 7. The van der Waals surface area contributed by atoms with Gasteiger partial charge in [0.05, 0.1) is 50.5 Å². The van der Waals surface area contributed by atoms with Crippen LogP contribution in [0.25, 0.3) is 0 Å². The Morgan fingerprint density at radius 1 is 1.19 bits per heavy atom. The number of Topliss-reactive ketones (excluding diaryl/α,β-unsaturated/α-hetero) is 1. The van der Waals surface area contributed by atoms with Crippen LogP contribution in [0.5, 0.6) is 5.75 Å². The predicted molar refractivity (Wildman–Crippen MR) is 122 cm³/mol. The molecule has 0 amide bonds. The average molecular weight is 443 g/mol. The maximum atomic E-state index is 13.5. The number of piperidine rings is 1. The molecule has 2 saturated heterocycles. The Kier molecular flexibility index (Phi) is 6.47. The first kappa shape index (κ1) is 22.6. The molecular formula is C25H34N2O5. The molecule has 0 N–H and O–H groups in total. The van der Waals surface area contributed by atoms with E-state index in [0.717, 1.165) is 38.0 Å². The Labute approximate surface area is 190 Å². The van der Waals surface area contributed by atoms with Crippen LogP contribution in [0.2, 0.25) is 0 Å². The first-order valence-electron chi connectivity index (χ1n) is 11.4. The molecule has 5 atom stereocenters. The van der Waals surface area contributed by atoms with Gasteiger partial charge in [0.2, 0.25) is 0 Å². The highest BCUT2D eigenvalue weighted by Gasteiger charge is 2.49. The molecule has 7 heteroatoms. The Bertz CT molecular complexity index is 914. The van der Waals surface area contributed by atoms with E-state index in [-0.39, 0.29) is 29.6 Å². The van der Waals surface area contributed by atoms with Gasteiger partial charge in [-0.1, -0.05) is 19.4 Å². The lowest BCUT2D eigenvalue weighted by Gasteiger charge is -2.41. The summed E-state index contributed by atoms with van der Waals surface area (Å²) in [5.41, 5.74) is 2.27. The van der Waals surface area contributed by atoms with E-state index >= 15 is 0 Å². The SMILES string of the molecule is CC[C@@H]1CN2CC(C3C(=O)c4c(OC)cccc4N3C)CC2C[C@@H]1/C(=C\OC)C(=O)OC. The predicted octanol–water partition coefficient (Wildman–Crippen LogP) is 3.14. The van der Waals surface area contributed by atoms with E-state index in [4.69, 9.17) is 14.2 Å². The van der Waals surface area contributed by atoms with Crippen molar-refractivity contribution in [1.82, 2.24) is 4.90 Å². The van der Waals surface area contributed by atoms with Crippen LogP contribution in [0, 0.1) is 17.8 Å². The Morgan fingerprint density at radius 3 is 2.62 bits per heavy atom. The van der Waals surface area contributed by atoms with Crippen molar-refractivity contribution >= 4 is 17.4 Å². The molecule has 0 aromatic heterocycles. The van der Waals surface area contributed by atoms with E-state index in [1.165, 1.54) is 7.11 Å². The molecule has 4 rings (SSSR count). The highest BCUT2D eigenvalue weighted by molar-refractivity contribution is 6.13. The number of anilines is 1. The van der Waals surface area contributed by atoms with Gasteiger partial charge in [0.15, 0.2) is 5.78 Å². The van der Waals surface area contributed by atoms with Crippen LogP contribution in [-0.4, -0.2) is 70.2 Å². The van der Waals surface area contributed by atoms with Gasteiger partial charge in [-0.3, -0.25) is 9.69 Å². The Balaban J connectivity index is 1.56. The lowest BCUT2D eigenvalue weighted by atomic mass is 9.76. The third kappa shape index (κ3) is 3.66. The van der Waals surface area contributed by atoms with Crippen LogP contribution in [-0.2, 0) is 14.3 Å². The van der Waals surface area contributed by atoms with Gasteiger partial charge in [-0.05, 0) is 36.8 Å². The molecular weight excluding hydrogens is 408 g/mol. The summed E-state index contributed by atoms with van der Waals surface area (Å²) in [5, 5.41) is 0. The number of fused-ring (bicyclic) bond motifs is 2. The minimum absolute atomic E-state index is 0.0988. The van der Waals surface area contributed by atoms with Crippen molar-refractivity contribution < 1.29 is 23.8 Å². The van der Waals surface area contributed by atoms with E-state index in [1.54, 1.807) is 20.5 Å². The van der Waals surface area contributed by atoms with Crippen molar-refractivity contribution in [2.45, 2.75) is 38.3 Å². The molecule has 7 nitrogen and oxygen atoms in total. The first-order valence-corrected chi connectivity index (χ1v) is 11.4. The van der Waals surface area contributed by atoms with Gasteiger partial charge in [-0.25, -0.2) is 4.79 Å². The second kappa shape index (κ2) is 9.14. The Hall–Kier alpha value is -2.54. The first-order chi connectivity index (χ1) is 15.4. The maximum absolute atomic E-state index is 13.5. The number of carbonyl (C=O) groups excluding carboxylic acids is 2. The van der Waals surface area contributed by atoms with E-state index in [0.29, 0.717) is 28.8 Å². The normalized spacial score (nSPS) is 30.2. The number of rotatable bonds is 6. The minimum Gasteiger partial charge on any atom is -0.504 e. The molecule has 1 aromatic carbocycles. The van der Waals surface area contributed by atoms with Crippen molar-refractivity contribution in [1.29, 1.82) is 0 Å². The van der Waals surface area contributed by atoms with Crippen LogP contribution in [0.1, 0.15) is 36.5 Å². The van der Waals surface area contributed by atoms with Crippen molar-refractivity contribution in [3.63, 3.8) is 0 Å². The minimum atomic E-state index is -0.313. The highest BCUT2D eigenvalue weighted by Crippen LogP contribution is 2.46. The molecule has 32 heavy (non-hydrogen) atoms. The summed E-state index contributed by atoms with van der Waals surface area (Å²) in [5.74, 6) is 1.17. The molecule has 1 aromatic rings. The zero-order valence-electron chi connectivity index (χ0n) is 19.7. The molecule has 3 heterocycles. The molecule has 0 aliphatic carbocycles. The summed E-state index contributed by atoms with van der Waals surface area (Å²) >= 11 is 0. The third-order valence-electron chi connectivity index (χ3n) is 7.70. The molecule has 3 aliphatic heterocycles. The van der Waals surface area contributed by atoms with Gasteiger partial charge in [0.1, 0.15) is 5.75 Å². The lowest BCUT2D eigenvalue weighted by molar-refractivity contribution is -0.137. The zero-order chi connectivity index (χ0) is 23.0. The summed E-state index contributed by atoms with van der Waals surface area (Å²) in [6.45, 7) is 3.98. The van der Waals surface area contributed by atoms with E-state index in [1.807, 2.05) is 25.2 Å². The summed E-state index contributed by atoms with van der Waals surface area (Å²) in [6.07, 6.45) is 4.34.